The smallest absolute Gasteiger partial charge is 0.324 e. The molecular weight excluding hydrogens is 348 g/mol. The van der Waals surface area contributed by atoms with Gasteiger partial charge in [0.2, 0.25) is 10.0 Å². The number of nitrogens with zero attached hydrogens (tertiary/aromatic N) is 1. The van der Waals surface area contributed by atoms with Crippen molar-refractivity contribution in [3.8, 4) is 0 Å². The second-order valence-corrected chi connectivity index (χ2v) is 7.20. The van der Waals surface area contributed by atoms with Gasteiger partial charge in [0.1, 0.15) is 6.04 Å². The van der Waals surface area contributed by atoms with E-state index in [-0.39, 0.29) is 4.90 Å². The van der Waals surface area contributed by atoms with Crippen LogP contribution >= 0.6 is 15.9 Å². The average molecular weight is 363 g/mol. The second kappa shape index (κ2) is 5.71. The lowest BCUT2D eigenvalue weighted by molar-refractivity contribution is -0.144. The number of nitrogen functional groups attached to an aromatic ring is 1. The molecular formula is C12H15BrN2O4S. The van der Waals surface area contributed by atoms with Crippen LogP contribution in [0.5, 0.6) is 0 Å². The molecule has 0 aliphatic carbocycles. The van der Waals surface area contributed by atoms with E-state index in [1.807, 2.05) is 0 Å². The molecule has 0 aromatic heterocycles. The van der Waals surface area contributed by atoms with Gasteiger partial charge >= 0.3 is 5.97 Å². The molecule has 110 valence electrons. The fourth-order valence-electron chi connectivity index (χ4n) is 2.24. The van der Waals surface area contributed by atoms with E-state index in [2.05, 4.69) is 20.7 Å². The standard InChI is InChI=1S/C12H15BrN2O4S/c1-19-12(16)10-3-2-6-15(10)20(17,18)11-7-8(14)4-5-9(11)13/h4-5,7,10H,2-3,6,14H2,1H3. The number of carbonyl (C=O) groups excluding carboxylic acids is 1. The first-order valence-electron chi connectivity index (χ1n) is 6.02. The Kier molecular flexibility index (Phi) is 4.36. The number of nitrogens with two attached hydrogens (primary N) is 1. The highest BCUT2D eigenvalue weighted by Crippen LogP contribution is 2.31. The molecule has 1 atom stereocenters. The van der Waals surface area contributed by atoms with Gasteiger partial charge in [0.15, 0.2) is 0 Å². The molecule has 1 aromatic carbocycles. The number of carbonyl (C=O) groups is 1. The third-order valence-electron chi connectivity index (χ3n) is 3.22. The van der Waals surface area contributed by atoms with Crippen LogP contribution in [0.2, 0.25) is 0 Å². The van der Waals surface area contributed by atoms with Gasteiger partial charge in [0.05, 0.1) is 12.0 Å². The lowest BCUT2D eigenvalue weighted by atomic mass is 10.2. The molecule has 0 bridgehead atoms. The third-order valence-corrected chi connectivity index (χ3v) is 6.12. The lowest BCUT2D eigenvalue weighted by Gasteiger charge is -2.22. The fraction of sp³-hybridized carbons (Fsp3) is 0.417. The van der Waals surface area contributed by atoms with Crippen molar-refractivity contribution in [3.63, 3.8) is 0 Å². The van der Waals surface area contributed by atoms with Crippen LogP contribution in [0.3, 0.4) is 0 Å². The fourth-order valence-corrected chi connectivity index (χ4v) is 4.85. The van der Waals surface area contributed by atoms with Gasteiger partial charge in [-0.25, -0.2) is 8.42 Å². The van der Waals surface area contributed by atoms with E-state index in [0.717, 1.165) is 0 Å². The van der Waals surface area contributed by atoms with Crippen molar-refractivity contribution >= 4 is 37.6 Å². The number of anilines is 1. The van der Waals surface area contributed by atoms with Crippen LogP contribution in [-0.4, -0.2) is 38.4 Å². The zero-order valence-electron chi connectivity index (χ0n) is 10.9. The Morgan fingerprint density at radius 3 is 2.85 bits per heavy atom. The van der Waals surface area contributed by atoms with Crippen molar-refractivity contribution in [2.75, 3.05) is 19.4 Å². The Balaban J connectivity index is 2.44. The number of sulfonamides is 1. The molecule has 2 rings (SSSR count). The SMILES string of the molecule is COC(=O)C1CCCN1S(=O)(=O)c1cc(N)ccc1Br. The largest absolute Gasteiger partial charge is 0.468 e. The Bertz CT molecular complexity index is 632. The summed E-state index contributed by atoms with van der Waals surface area (Å²) in [5.74, 6) is -0.536. The Morgan fingerprint density at radius 1 is 1.50 bits per heavy atom. The number of hydrogen-bond acceptors (Lipinski definition) is 5. The molecule has 1 aliphatic heterocycles. The van der Waals surface area contributed by atoms with E-state index < -0.39 is 22.0 Å². The highest BCUT2D eigenvalue weighted by Gasteiger charge is 2.40. The van der Waals surface area contributed by atoms with E-state index in [1.54, 1.807) is 12.1 Å². The van der Waals surface area contributed by atoms with Crippen LogP contribution in [0.4, 0.5) is 5.69 Å². The molecule has 0 spiro atoms. The number of halogens is 1. The number of methoxy groups -OCH3 is 1. The van der Waals surface area contributed by atoms with Gasteiger partial charge < -0.3 is 10.5 Å². The zero-order chi connectivity index (χ0) is 14.9. The maximum atomic E-state index is 12.7. The summed E-state index contributed by atoms with van der Waals surface area (Å²) in [5.41, 5.74) is 6.00. The lowest BCUT2D eigenvalue weighted by Crippen LogP contribution is -2.41. The first kappa shape index (κ1) is 15.3. The van der Waals surface area contributed by atoms with Crippen LogP contribution in [0.25, 0.3) is 0 Å². The number of benzene rings is 1. The Morgan fingerprint density at radius 2 is 2.20 bits per heavy atom. The summed E-state index contributed by atoms with van der Waals surface area (Å²) in [4.78, 5) is 11.8. The molecule has 8 heteroatoms. The van der Waals surface area contributed by atoms with E-state index in [4.69, 9.17) is 5.73 Å². The molecule has 0 radical (unpaired) electrons. The van der Waals surface area contributed by atoms with Crippen molar-refractivity contribution in [1.29, 1.82) is 0 Å². The number of ether oxygens (including phenoxy) is 1. The summed E-state index contributed by atoms with van der Waals surface area (Å²) in [6, 6.07) is 3.79. The van der Waals surface area contributed by atoms with Crippen LogP contribution in [-0.2, 0) is 19.6 Å². The van der Waals surface area contributed by atoms with Crippen LogP contribution in [0.1, 0.15) is 12.8 Å². The second-order valence-electron chi connectivity index (χ2n) is 4.49. The van der Waals surface area contributed by atoms with Crippen molar-refractivity contribution in [2.45, 2.75) is 23.8 Å². The minimum atomic E-state index is -3.79. The quantitative estimate of drug-likeness (QED) is 0.647. The zero-order valence-corrected chi connectivity index (χ0v) is 13.3. The summed E-state index contributed by atoms with van der Waals surface area (Å²) in [6.45, 7) is 0.295. The van der Waals surface area contributed by atoms with Gasteiger partial charge in [-0.15, -0.1) is 0 Å². The van der Waals surface area contributed by atoms with Crippen LogP contribution in [0, 0.1) is 0 Å². The topological polar surface area (TPSA) is 89.7 Å². The molecule has 1 unspecified atom stereocenters. The predicted octanol–water partition coefficient (Wildman–Crippen LogP) is 1.36. The summed E-state index contributed by atoms with van der Waals surface area (Å²) >= 11 is 3.21. The maximum absolute atomic E-state index is 12.7. The highest BCUT2D eigenvalue weighted by molar-refractivity contribution is 9.10. The third kappa shape index (κ3) is 2.68. The molecule has 0 saturated carbocycles. The molecule has 1 heterocycles. The molecule has 6 nitrogen and oxygen atoms in total. The molecule has 20 heavy (non-hydrogen) atoms. The first-order valence-corrected chi connectivity index (χ1v) is 8.26. The normalized spacial score (nSPS) is 20.0. The maximum Gasteiger partial charge on any atom is 0.324 e. The Hall–Kier alpha value is -1.12. The van der Waals surface area contributed by atoms with Gasteiger partial charge in [0.25, 0.3) is 0 Å². The van der Waals surface area contributed by atoms with Gasteiger partial charge in [-0.3, -0.25) is 4.79 Å². The summed E-state index contributed by atoms with van der Waals surface area (Å²) in [6.07, 6.45) is 1.09. The molecule has 1 fully saturated rings. The minimum Gasteiger partial charge on any atom is -0.468 e. The van der Waals surface area contributed by atoms with Gasteiger partial charge in [-0.2, -0.15) is 4.31 Å². The number of esters is 1. The van der Waals surface area contributed by atoms with Crippen LogP contribution in [0.15, 0.2) is 27.6 Å². The van der Waals surface area contributed by atoms with Gasteiger partial charge in [0, 0.05) is 16.7 Å². The van der Waals surface area contributed by atoms with E-state index in [9.17, 15) is 13.2 Å². The average Bonchev–Trinajstić information content (AvgIpc) is 2.90. The van der Waals surface area contributed by atoms with Crippen molar-refractivity contribution in [2.24, 2.45) is 0 Å². The number of hydrogen-bond donors (Lipinski definition) is 1. The Labute approximate surface area is 126 Å². The molecule has 2 N–H and O–H groups in total. The van der Waals surface area contributed by atoms with Crippen molar-refractivity contribution in [3.05, 3.63) is 22.7 Å². The summed E-state index contributed by atoms with van der Waals surface area (Å²) in [5, 5.41) is 0. The molecule has 1 aliphatic rings. The molecule has 1 aromatic rings. The van der Waals surface area contributed by atoms with E-state index >= 15 is 0 Å². The molecule has 0 amide bonds. The van der Waals surface area contributed by atoms with Gasteiger partial charge in [-0.05, 0) is 47.0 Å². The van der Waals surface area contributed by atoms with E-state index in [1.165, 1.54) is 17.5 Å². The van der Waals surface area contributed by atoms with Crippen molar-refractivity contribution < 1.29 is 17.9 Å². The number of rotatable bonds is 3. The summed E-state index contributed by atoms with van der Waals surface area (Å²) in [7, 11) is -2.54. The minimum absolute atomic E-state index is 0.0632. The first-order chi connectivity index (χ1) is 9.37. The highest BCUT2D eigenvalue weighted by atomic mass is 79.9. The van der Waals surface area contributed by atoms with Crippen molar-refractivity contribution in [1.82, 2.24) is 4.31 Å². The van der Waals surface area contributed by atoms with Gasteiger partial charge in [-0.1, -0.05) is 0 Å². The molecule has 1 saturated heterocycles. The van der Waals surface area contributed by atoms with E-state index in [0.29, 0.717) is 29.5 Å². The predicted molar refractivity (Wildman–Crippen MR) is 77.5 cm³/mol. The summed E-state index contributed by atoms with van der Waals surface area (Å²) < 4.78 is 31.6. The van der Waals surface area contributed by atoms with Crippen LogP contribution < -0.4 is 5.73 Å². The monoisotopic (exact) mass is 362 g/mol.